The summed E-state index contributed by atoms with van der Waals surface area (Å²) in [5, 5.41) is 3.59. The van der Waals surface area contributed by atoms with Crippen LogP contribution in [0.25, 0.3) is 0 Å². The Morgan fingerprint density at radius 2 is 2.64 bits per heavy atom. The first-order valence-electron chi connectivity index (χ1n) is 3.15. The van der Waals surface area contributed by atoms with Gasteiger partial charge in [-0.15, -0.1) is 0 Å². The van der Waals surface area contributed by atoms with Crippen molar-refractivity contribution >= 4 is 17.3 Å². The second-order valence-electron chi connectivity index (χ2n) is 1.90. The maximum absolute atomic E-state index is 11.0. The fraction of sp³-hybridized carbons (Fsp3) is 0.125. The minimum atomic E-state index is -0.286. The van der Waals surface area contributed by atoms with Crippen LogP contribution in [-0.4, -0.2) is 12.6 Å². The van der Waals surface area contributed by atoms with Gasteiger partial charge < -0.3 is 4.74 Å². The Labute approximate surface area is 69.1 Å². The highest BCUT2D eigenvalue weighted by molar-refractivity contribution is 7.08. The molecule has 0 radical (unpaired) electrons. The van der Waals surface area contributed by atoms with Crippen molar-refractivity contribution in [2.75, 3.05) is 6.61 Å². The van der Waals surface area contributed by atoms with E-state index in [0.717, 1.165) is 0 Å². The zero-order valence-electron chi connectivity index (χ0n) is 5.95. The van der Waals surface area contributed by atoms with Gasteiger partial charge in [0.1, 0.15) is 6.61 Å². The second kappa shape index (κ2) is 3.93. The van der Waals surface area contributed by atoms with E-state index in [1.165, 1.54) is 11.3 Å². The van der Waals surface area contributed by atoms with Crippen LogP contribution in [-0.2, 0) is 4.74 Å². The van der Waals surface area contributed by atoms with Crippen molar-refractivity contribution in [3.05, 3.63) is 35.0 Å². The lowest BCUT2D eigenvalue weighted by Crippen LogP contribution is -2.02. The number of ether oxygens (including phenoxy) is 1. The quantitative estimate of drug-likeness (QED) is 0.510. The van der Waals surface area contributed by atoms with Crippen LogP contribution in [0.3, 0.4) is 0 Å². The van der Waals surface area contributed by atoms with Gasteiger partial charge in [-0.2, -0.15) is 11.3 Å². The predicted molar refractivity (Wildman–Crippen MR) is 44.8 cm³/mol. The number of esters is 1. The van der Waals surface area contributed by atoms with Gasteiger partial charge in [-0.3, -0.25) is 0 Å². The maximum Gasteiger partial charge on any atom is 0.339 e. The van der Waals surface area contributed by atoms with Gasteiger partial charge in [-0.1, -0.05) is 12.7 Å². The topological polar surface area (TPSA) is 26.3 Å². The third-order valence-electron chi connectivity index (χ3n) is 1.09. The molecule has 0 aromatic carbocycles. The number of carbonyl (C=O) groups is 1. The van der Waals surface area contributed by atoms with Crippen molar-refractivity contribution in [1.29, 1.82) is 0 Å². The van der Waals surface area contributed by atoms with E-state index in [4.69, 9.17) is 4.74 Å². The Kier molecular flexibility index (Phi) is 2.86. The first-order valence-corrected chi connectivity index (χ1v) is 4.09. The van der Waals surface area contributed by atoms with Crippen LogP contribution >= 0.6 is 11.3 Å². The Bertz CT molecular complexity index is 239. The minimum absolute atomic E-state index is 0.272. The molecule has 58 valence electrons. The standard InChI is InChI=1S/C8H8O2S/c1-2-4-10-8(9)7-3-5-11-6-7/h2-3,5-6H,1,4H2. The summed E-state index contributed by atoms with van der Waals surface area (Å²) in [6.07, 6.45) is 1.55. The molecule has 0 N–H and O–H groups in total. The minimum Gasteiger partial charge on any atom is -0.458 e. The normalized spacial score (nSPS) is 9.09. The van der Waals surface area contributed by atoms with Gasteiger partial charge >= 0.3 is 5.97 Å². The average Bonchev–Trinajstić information content (AvgIpc) is 2.52. The average molecular weight is 168 g/mol. The summed E-state index contributed by atoms with van der Waals surface area (Å²) in [4.78, 5) is 11.0. The Morgan fingerprint density at radius 1 is 1.82 bits per heavy atom. The van der Waals surface area contributed by atoms with Crippen LogP contribution in [0.5, 0.6) is 0 Å². The van der Waals surface area contributed by atoms with Gasteiger partial charge in [0.2, 0.25) is 0 Å². The van der Waals surface area contributed by atoms with E-state index in [1.54, 1.807) is 17.5 Å². The molecular formula is C8H8O2S. The zero-order valence-corrected chi connectivity index (χ0v) is 6.76. The Hall–Kier alpha value is -1.09. The van der Waals surface area contributed by atoms with E-state index in [2.05, 4.69) is 6.58 Å². The lowest BCUT2D eigenvalue weighted by atomic mass is 10.3. The van der Waals surface area contributed by atoms with Crippen LogP contribution in [0.15, 0.2) is 29.5 Å². The summed E-state index contributed by atoms with van der Waals surface area (Å²) in [6, 6.07) is 1.73. The van der Waals surface area contributed by atoms with Gasteiger partial charge in [-0.25, -0.2) is 4.79 Å². The highest BCUT2D eigenvalue weighted by Crippen LogP contribution is 2.06. The summed E-state index contributed by atoms with van der Waals surface area (Å²) in [5.74, 6) is -0.286. The molecule has 0 aliphatic rings. The van der Waals surface area contributed by atoms with E-state index < -0.39 is 0 Å². The molecule has 2 nitrogen and oxygen atoms in total. The van der Waals surface area contributed by atoms with E-state index in [-0.39, 0.29) is 12.6 Å². The van der Waals surface area contributed by atoms with E-state index in [0.29, 0.717) is 5.56 Å². The van der Waals surface area contributed by atoms with Gasteiger partial charge in [0.25, 0.3) is 0 Å². The van der Waals surface area contributed by atoms with Crippen LogP contribution in [0.4, 0.5) is 0 Å². The molecule has 1 aromatic heterocycles. The maximum atomic E-state index is 11.0. The largest absolute Gasteiger partial charge is 0.458 e. The molecule has 0 aliphatic carbocycles. The number of hydrogen-bond donors (Lipinski definition) is 0. The predicted octanol–water partition coefficient (Wildman–Crippen LogP) is 2.09. The van der Waals surface area contributed by atoms with E-state index in [9.17, 15) is 4.79 Å². The first kappa shape index (κ1) is 8.01. The molecule has 0 aliphatic heterocycles. The second-order valence-corrected chi connectivity index (χ2v) is 2.68. The van der Waals surface area contributed by atoms with E-state index in [1.807, 2.05) is 5.38 Å². The van der Waals surface area contributed by atoms with Gasteiger partial charge in [0, 0.05) is 5.38 Å². The Morgan fingerprint density at radius 3 is 3.18 bits per heavy atom. The van der Waals surface area contributed by atoms with Crippen molar-refractivity contribution < 1.29 is 9.53 Å². The summed E-state index contributed by atoms with van der Waals surface area (Å²) in [5.41, 5.74) is 0.608. The van der Waals surface area contributed by atoms with Gasteiger partial charge in [0.15, 0.2) is 0 Å². The lowest BCUT2D eigenvalue weighted by molar-refractivity contribution is 0.0550. The molecule has 0 fully saturated rings. The molecule has 0 unspecified atom stereocenters. The van der Waals surface area contributed by atoms with E-state index >= 15 is 0 Å². The SMILES string of the molecule is C=CCOC(=O)c1ccsc1. The molecule has 0 saturated carbocycles. The fourth-order valence-corrected chi connectivity index (χ4v) is 1.22. The third kappa shape index (κ3) is 2.20. The van der Waals surface area contributed by atoms with Crippen molar-refractivity contribution in [1.82, 2.24) is 0 Å². The molecule has 3 heteroatoms. The molecule has 0 amide bonds. The number of hydrogen-bond acceptors (Lipinski definition) is 3. The highest BCUT2D eigenvalue weighted by atomic mass is 32.1. The summed E-state index contributed by atoms with van der Waals surface area (Å²) < 4.78 is 4.79. The molecule has 1 rings (SSSR count). The van der Waals surface area contributed by atoms with Crippen LogP contribution in [0.2, 0.25) is 0 Å². The molecular weight excluding hydrogens is 160 g/mol. The molecule has 1 aromatic rings. The van der Waals surface area contributed by atoms with Crippen molar-refractivity contribution in [2.45, 2.75) is 0 Å². The number of thiophene rings is 1. The smallest absolute Gasteiger partial charge is 0.339 e. The molecule has 1 heterocycles. The van der Waals surface area contributed by atoms with Crippen molar-refractivity contribution in [2.24, 2.45) is 0 Å². The number of rotatable bonds is 3. The van der Waals surface area contributed by atoms with Crippen LogP contribution < -0.4 is 0 Å². The fourth-order valence-electron chi connectivity index (χ4n) is 0.599. The van der Waals surface area contributed by atoms with Crippen molar-refractivity contribution in [3.63, 3.8) is 0 Å². The molecule has 0 saturated heterocycles. The Balaban J connectivity index is 2.49. The van der Waals surface area contributed by atoms with Crippen LogP contribution in [0, 0.1) is 0 Å². The van der Waals surface area contributed by atoms with Gasteiger partial charge in [-0.05, 0) is 11.4 Å². The van der Waals surface area contributed by atoms with Gasteiger partial charge in [0.05, 0.1) is 5.56 Å². The first-order chi connectivity index (χ1) is 5.34. The molecule has 0 bridgehead atoms. The summed E-state index contributed by atoms with van der Waals surface area (Å²) in [7, 11) is 0. The number of carbonyl (C=O) groups excluding carboxylic acids is 1. The van der Waals surface area contributed by atoms with Crippen LogP contribution in [0.1, 0.15) is 10.4 Å². The molecule has 11 heavy (non-hydrogen) atoms. The summed E-state index contributed by atoms with van der Waals surface area (Å²) in [6.45, 7) is 3.71. The molecule has 0 spiro atoms. The van der Waals surface area contributed by atoms with Crippen molar-refractivity contribution in [3.8, 4) is 0 Å². The monoisotopic (exact) mass is 168 g/mol. The third-order valence-corrected chi connectivity index (χ3v) is 1.77. The zero-order chi connectivity index (χ0) is 8.10. The summed E-state index contributed by atoms with van der Waals surface area (Å²) >= 11 is 1.47. The molecule has 0 atom stereocenters. The lowest BCUT2D eigenvalue weighted by Gasteiger charge is -1.96. The highest BCUT2D eigenvalue weighted by Gasteiger charge is 2.04.